The highest BCUT2D eigenvalue weighted by molar-refractivity contribution is 5.87. The van der Waals surface area contributed by atoms with Crippen molar-refractivity contribution in [1.82, 2.24) is 29.8 Å². The molecule has 0 unspecified atom stereocenters. The van der Waals surface area contributed by atoms with Crippen molar-refractivity contribution in [3.63, 3.8) is 0 Å². The molecule has 1 N–H and O–H groups in total. The first kappa shape index (κ1) is 15.6. The van der Waals surface area contributed by atoms with Gasteiger partial charge in [0.2, 0.25) is 5.91 Å². The average molecular weight is 341 g/mol. The van der Waals surface area contributed by atoms with Gasteiger partial charge >= 0.3 is 0 Å². The summed E-state index contributed by atoms with van der Waals surface area (Å²) >= 11 is 0. The van der Waals surface area contributed by atoms with E-state index in [2.05, 4.69) is 25.5 Å². The maximum Gasteiger partial charge on any atom is 0.263 e. The Balaban J connectivity index is 1.53. The Bertz CT molecular complexity index is 930. The van der Waals surface area contributed by atoms with E-state index < -0.39 is 0 Å². The highest BCUT2D eigenvalue weighted by Gasteiger charge is 2.18. The number of aromatic nitrogens is 5. The Morgan fingerprint density at radius 1 is 1.36 bits per heavy atom. The number of anilines is 1. The van der Waals surface area contributed by atoms with Crippen LogP contribution in [0.4, 0.5) is 5.82 Å². The molecule has 9 heteroatoms. The van der Waals surface area contributed by atoms with Gasteiger partial charge < -0.3 is 14.7 Å². The molecule has 1 amide bonds. The number of aryl methyl sites for hydroxylation is 2. The minimum Gasteiger partial charge on any atom is -0.364 e. The lowest BCUT2D eigenvalue weighted by Gasteiger charge is -2.17. The third-order valence-corrected chi connectivity index (χ3v) is 4.39. The maximum absolute atomic E-state index is 11.7. The maximum atomic E-state index is 11.7. The second-order valence-corrected chi connectivity index (χ2v) is 6.17. The van der Waals surface area contributed by atoms with E-state index in [0.29, 0.717) is 24.6 Å². The third-order valence-electron chi connectivity index (χ3n) is 4.39. The number of nitrogens with one attached hydrogen (secondary N) is 1. The summed E-state index contributed by atoms with van der Waals surface area (Å²) in [5.41, 5.74) is 3.17. The van der Waals surface area contributed by atoms with Crippen molar-refractivity contribution >= 4 is 22.8 Å². The van der Waals surface area contributed by atoms with Crippen LogP contribution in [0.15, 0.2) is 16.9 Å². The molecule has 25 heavy (non-hydrogen) atoms. The zero-order valence-corrected chi connectivity index (χ0v) is 14.2. The zero-order chi connectivity index (χ0) is 17.4. The summed E-state index contributed by atoms with van der Waals surface area (Å²) in [6.45, 7) is 6.19. The first-order chi connectivity index (χ1) is 12.1. The van der Waals surface area contributed by atoms with Crippen LogP contribution in [0.3, 0.4) is 0 Å². The van der Waals surface area contributed by atoms with Crippen molar-refractivity contribution < 1.29 is 9.32 Å². The smallest absolute Gasteiger partial charge is 0.263 e. The van der Waals surface area contributed by atoms with Gasteiger partial charge in [-0.25, -0.2) is 4.98 Å². The molecule has 0 fully saturated rings. The topological polar surface area (TPSA) is 102 Å². The average Bonchev–Trinajstić information content (AvgIpc) is 3.10. The summed E-state index contributed by atoms with van der Waals surface area (Å²) in [6.07, 6.45) is 2.36. The van der Waals surface area contributed by atoms with Gasteiger partial charge in [-0.2, -0.15) is 10.1 Å². The van der Waals surface area contributed by atoms with Crippen molar-refractivity contribution in [2.75, 3.05) is 11.9 Å². The molecule has 1 aliphatic rings. The first-order valence-electron chi connectivity index (χ1n) is 8.24. The van der Waals surface area contributed by atoms with Gasteiger partial charge in [0.1, 0.15) is 17.5 Å². The summed E-state index contributed by atoms with van der Waals surface area (Å²) in [6, 6.07) is 2.03. The number of carbonyl (C=O) groups excluding carboxylic acids is 1. The van der Waals surface area contributed by atoms with E-state index in [4.69, 9.17) is 4.52 Å². The predicted molar refractivity (Wildman–Crippen MR) is 89.6 cm³/mol. The number of hydrogen-bond acceptors (Lipinski definition) is 7. The van der Waals surface area contributed by atoms with E-state index >= 15 is 0 Å². The normalized spacial score (nSPS) is 14.4. The number of carbonyl (C=O) groups is 1. The molecule has 3 aromatic heterocycles. The fraction of sp³-hybridized carbons (Fsp3) is 0.438. The quantitative estimate of drug-likeness (QED) is 0.770. The van der Waals surface area contributed by atoms with E-state index in [0.717, 1.165) is 42.0 Å². The Morgan fingerprint density at radius 3 is 3.08 bits per heavy atom. The second kappa shape index (κ2) is 6.15. The number of hydrogen-bond donors (Lipinski definition) is 1. The van der Waals surface area contributed by atoms with Crippen LogP contribution in [0.5, 0.6) is 0 Å². The molecule has 0 radical (unpaired) electrons. The van der Waals surface area contributed by atoms with Crippen LogP contribution < -0.4 is 5.32 Å². The highest BCUT2D eigenvalue weighted by atomic mass is 16.5. The molecular formula is C16H19N7O2. The molecule has 3 aromatic rings. The van der Waals surface area contributed by atoms with Crippen molar-refractivity contribution in [3.05, 3.63) is 29.5 Å². The van der Waals surface area contributed by atoms with Crippen LogP contribution in [0.25, 0.3) is 11.1 Å². The van der Waals surface area contributed by atoms with E-state index in [9.17, 15) is 4.79 Å². The molecule has 0 aromatic carbocycles. The summed E-state index contributed by atoms with van der Waals surface area (Å²) in [4.78, 5) is 21.9. The molecule has 0 aliphatic carbocycles. The van der Waals surface area contributed by atoms with E-state index in [1.807, 2.05) is 22.6 Å². The molecule has 0 saturated heterocycles. The Labute approximate surface area is 144 Å². The Morgan fingerprint density at radius 2 is 2.24 bits per heavy atom. The van der Waals surface area contributed by atoms with Crippen molar-refractivity contribution in [1.29, 1.82) is 0 Å². The largest absolute Gasteiger partial charge is 0.364 e. The van der Waals surface area contributed by atoms with Gasteiger partial charge in [-0.05, 0) is 19.4 Å². The SMILES string of the molecule is CC(=O)N1CCCn2nc(CNc3ncnc4onc(C)c34)cc2C1. The van der Waals surface area contributed by atoms with Crippen LogP contribution in [0.1, 0.15) is 30.4 Å². The molecule has 0 bridgehead atoms. The van der Waals surface area contributed by atoms with Crippen LogP contribution >= 0.6 is 0 Å². The minimum absolute atomic E-state index is 0.0978. The zero-order valence-electron chi connectivity index (χ0n) is 14.2. The van der Waals surface area contributed by atoms with Crippen LogP contribution in [-0.2, 0) is 24.4 Å². The van der Waals surface area contributed by atoms with Gasteiger partial charge in [0, 0.05) is 20.0 Å². The second-order valence-electron chi connectivity index (χ2n) is 6.17. The molecule has 4 heterocycles. The molecule has 0 spiro atoms. The van der Waals surface area contributed by atoms with Gasteiger partial charge in [-0.15, -0.1) is 0 Å². The van der Waals surface area contributed by atoms with Gasteiger partial charge in [0.05, 0.1) is 30.2 Å². The van der Waals surface area contributed by atoms with Gasteiger partial charge in [0.25, 0.3) is 5.71 Å². The molecular weight excluding hydrogens is 322 g/mol. The monoisotopic (exact) mass is 341 g/mol. The molecule has 0 saturated carbocycles. The molecule has 1 aliphatic heterocycles. The Hall–Kier alpha value is -2.97. The summed E-state index contributed by atoms with van der Waals surface area (Å²) in [5.74, 6) is 0.776. The standard InChI is InChI=1S/C16H19N7O2/c1-10-14-15(18-9-19-16(14)25-21-10)17-7-12-6-13-8-22(11(2)24)4-3-5-23(13)20-12/h6,9H,3-5,7-8H2,1-2H3,(H,17,18,19). The lowest BCUT2D eigenvalue weighted by Crippen LogP contribution is -2.28. The van der Waals surface area contributed by atoms with Crippen molar-refractivity contribution in [3.8, 4) is 0 Å². The van der Waals surface area contributed by atoms with E-state index in [-0.39, 0.29) is 5.91 Å². The predicted octanol–water partition coefficient (Wildman–Crippen LogP) is 1.49. The summed E-state index contributed by atoms with van der Waals surface area (Å²) in [7, 11) is 0. The van der Waals surface area contributed by atoms with Crippen LogP contribution in [0.2, 0.25) is 0 Å². The van der Waals surface area contributed by atoms with E-state index in [1.54, 1.807) is 6.92 Å². The fourth-order valence-corrected chi connectivity index (χ4v) is 3.11. The first-order valence-corrected chi connectivity index (χ1v) is 8.24. The van der Waals surface area contributed by atoms with Crippen LogP contribution in [-0.4, -0.2) is 42.3 Å². The van der Waals surface area contributed by atoms with Crippen molar-refractivity contribution in [2.24, 2.45) is 0 Å². The fourth-order valence-electron chi connectivity index (χ4n) is 3.11. The molecule has 9 nitrogen and oxygen atoms in total. The number of fused-ring (bicyclic) bond motifs is 2. The minimum atomic E-state index is 0.0978. The number of rotatable bonds is 3. The molecule has 130 valence electrons. The molecule has 4 rings (SSSR count). The van der Waals surface area contributed by atoms with Crippen molar-refractivity contribution in [2.45, 2.75) is 39.9 Å². The van der Waals surface area contributed by atoms with Gasteiger partial charge in [0.15, 0.2) is 0 Å². The van der Waals surface area contributed by atoms with E-state index in [1.165, 1.54) is 6.33 Å². The van der Waals surface area contributed by atoms with Gasteiger partial charge in [-0.1, -0.05) is 5.16 Å². The summed E-state index contributed by atoms with van der Waals surface area (Å²) < 4.78 is 7.14. The summed E-state index contributed by atoms with van der Waals surface area (Å²) in [5, 5.41) is 12.6. The number of nitrogens with zero attached hydrogens (tertiary/aromatic N) is 6. The Kier molecular flexibility index (Phi) is 3.83. The third kappa shape index (κ3) is 2.92. The number of amides is 1. The lowest BCUT2D eigenvalue weighted by atomic mass is 10.3. The lowest BCUT2D eigenvalue weighted by molar-refractivity contribution is -0.129. The van der Waals surface area contributed by atoms with Crippen LogP contribution in [0, 0.1) is 6.92 Å². The van der Waals surface area contributed by atoms with Gasteiger partial charge in [-0.3, -0.25) is 9.48 Å². The molecule has 0 atom stereocenters. The highest BCUT2D eigenvalue weighted by Crippen LogP contribution is 2.23.